The molecular formula is C27H42B2F2O6. The van der Waals surface area contributed by atoms with Crippen LogP contribution in [0.1, 0.15) is 105 Å². The molecule has 2 saturated heterocycles. The van der Waals surface area contributed by atoms with Crippen LogP contribution in [0.2, 0.25) is 0 Å². The van der Waals surface area contributed by atoms with E-state index < -0.39 is 59.8 Å². The van der Waals surface area contributed by atoms with Crippen LogP contribution in [0.3, 0.4) is 0 Å². The fourth-order valence-electron chi connectivity index (χ4n) is 4.31. The Balaban J connectivity index is 2.05. The molecule has 0 aromatic heterocycles. The topological polar surface area (TPSA) is 63.2 Å². The van der Waals surface area contributed by atoms with Gasteiger partial charge < -0.3 is 23.4 Å². The minimum atomic E-state index is -1.16. The van der Waals surface area contributed by atoms with Crippen molar-refractivity contribution in [1.29, 1.82) is 0 Å². The Bertz CT molecular complexity index is 919. The molecule has 37 heavy (non-hydrogen) atoms. The third-order valence-electron chi connectivity index (χ3n) is 8.47. The van der Waals surface area contributed by atoms with Crippen molar-refractivity contribution >= 4 is 31.1 Å². The van der Waals surface area contributed by atoms with E-state index in [0.717, 1.165) is 25.7 Å². The summed E-state index contributed by atoms with van der Waals surface area (Å²) in [5.74, 6) is -3.09. The van der Waals surface area contributed by atoms with E-state index in [4.69, 9.17) is 23.4 Å². The fraction of sp³-hybridized carbons (Fsp3) is 0.741. The van der Waals surface area contributed by atoms with Crippen molar-refractivity contribution in [1.82, 2.24) is 0 Å². The van der Waals surface area contributed by atoms with E-state index >= 15 is 8.78 Å². The molecule has 0 bridgehead atoms. The molecule has 1 unspecified atom stereocenters. The Hall–Kier alpha value is -1.48. The largest absolute Gasteiger partial charge is 0.497 e. The van der Waals surface area contributed by atoms with Gasteiger partial charge in [-0.25, -0.2) is 13.6 Å². The minimum absolute atomic E-state index is 0.0841. The number of unbranched alkanes of at least 4 members (excludes halogenated alkanes) is 1. The predicted molar refractivity (Wildman–Crippen MR) is 141 cm³/mol. The lowest BCUT2D eigenvalue weighted by Gasteiger charge is -2.32. The second-order valence-electron chi connectivity index (χ2n) is 12.2. The molecule has 0 amide bonds. The summed E-state index contributed by atoms with van der Waals surface area (Å²) in [6, 6.07) is 1.28. The van der Waals surface area contributed by atoms with Crippen LogP contribution in [0.15, 0.2) is 6.07 Å². The summed E-state index contributed by atoms with van der Waals surface area (Å²) >= 11 is 0. The summed E-state index contributed by atoms with van der Waals surface area (Å²) in [4.78, 5) is 13.2. The molecule has 0 saturated carbocycles. The van der Waals surface area contributed by atoms with Crippen LogP contribution in [-0.2, 0) is 23.4 Å². The molecule has 2 aliphatic rings. The monoisotopic (exact) mass is 522 g/mol. The zero-order valence-electron chi connectivity index (χ0n) is 24.1. The summed E-state index contributed by atoms with van der Waals surface area (Å²) < 4.78 is 61.5. The number of hydrogen-bond donors (Lipinski definition) is 0. The van der Waals surface area contributed by atoms with Crippen LogP contribution in [0.5, 0.6) is 0 Å². The average Bonchev–Trinajstić information content (AvgIpc) is 3.13. The number of hydrogen-bond acceptors (Lipinski definition) is 6. The molecule has 0 N–H and O–H groups in total. The first-order valence-corrected chi connectivity index (χ1v) is 13.4. The van der Waals surface area contributed by atoms with Crippen LogP contribution in [0, 0.1) is 17.6 Å². The van der Waals surface area contributed by atoms with Gasteiger partial charge in [0, 0.05) is 10.9 Å². The highest BCUT2D eigenvalue weighted by Crippen LogP contribution is 2.38. The zero-order valence-corrected chi connectivity index (χ0v) is 24.1. The van der Waals surface area contributed by atoms with Gasteiger partial charge in [-0.3, -0.25) is 0 Å². The first-order valence-electron chi connectivity index (χ1n) is 13.4. The molecule has 10 heteroatoms. The van der Waals surface area contributed by atoms with Gasteiger partial charge >= 0.3 is 20.2 Å². The Morgan fingerprint density at radius 3 is 1.59 bits per heavy atom. The molecule has 1 aromatic rings. The molecule has 6 nitrogen and oxygen atoms in total. The normalized spacial score (nSPS) is 22.4. The summed E-state index contributed by atoms with van der Waals surface area (Å²) in [6.07, 6.45) is 3.67. The van der Waals surface area contributed by atoms with Crippen molar-refractivity contribution in [3.63, 3.8) is 0 Å². The first kappa shape index (κ1) is 30.1. The Kier molecular flexibility index (Phi) is 8.61. The van der Waals surface area contributed by atoms with E-state index in [0.29, 0.717) is 0 Å². The summed E-state index contributed by atoms with van der Waals surface area (Å²) in [6.45, 7) is 18.8. The van der Waals surface area contributed by atoms with Crippen molar-refractivity contribution < 1.29 is 36.9 Å². The number of carbonyl (C=O) groups is 1. The highest BCUT2D eigenvalue weighted by atomic mass is 19.1. The number of halogens is 2. The molecule has 1 atom stereocenters. The Morgan fingerprint density at radius 2 is 1.24 bits per heavy atom. The van der Waals surface area contributed by atoms with E-state index in [-0.39, 0.29) is 23.5 Å². The van der Waals surface area contributed by atoms with Gasteiger partial charge in [0.25, 0.3) is 0 Å². The highest BCUT2D eigenvalue weighted by molar-refractivity contribution is 6.66. The third kappa shape index (κ3) is 5.77. The van der Waals surface area contributed by atoms with Gasteiger partial charge in [0.1, 0.15) is 17.2 Å². The van der Waals surface area contributed by atoms with Gasteiger partial charge in [-0.2, -0.15) is 0 Å². The van der Waals surface area contributed by atoms with Gasteiger partial charge in [0.2, 0.25) is 0 Å². The molecule has 3 rings (SSSR count). The molecule has 206 valence electrons. The number of benzene rings is 1. The van der Waals surface area contributed by atoms with Crippen molar-refractivity contribution in [2.45, 2.75) is 117 Å². The lowest BCUT2D eigenvalue weighted by Crippen LogP contribution is -2.46. The van der Waals surface area contributed by atoms with Crippen LogP contribution in [0.25, 0.3) is 0 Å². The molecule has 2 aliphatic heterocycles. The van der Waals surface area contributed by atoms with E-state index in [9.17, 15) is 4.79 Å². The molecule has 1 aromatic carbocycles. The van der Waals surface area contributed by atoms with Crippen molar-refractivity contribution in [2.24, 2.45) is 5.92 Å². The second-order valence-corrected chi connectivity index (χ2v) is 12.2. The van der Waals surface area contributed by atoms with E-state index in [2.05, 4.69) is 6.92 Å². The fourth-order valence-corrected chi connectivity index (χ4v) is 4.31. The maximum Gasteiger partial charge on any atom is 0.497 e. The predicted octanol–water partition coefficient (Wildman–Crippen LogP) is 4.94. The number of rotatable bonds is 9. The van der Waals surface area contributed by atoms with Gasteiger partial charge in [0.15, 0.2) is 0 Å². The average molecular weight is 522 g/mol. The maximum absolute atomic E-state index is 15.9. The summed E-state index contributed by atoms with van der Waals surface area (Å²) in [5, 5.41) is 0. The van der Waals surface area contributed by atoms with Gasteiger partial charge in [-0.05, 0) is 67.7 Å². The van der Waals surface area contributed by atoms with Crippen LogP contribution in [-0.4, -0.2) is 49.2 Å². The Labute approximate surface area is 221 Å². The van der Waals surface area contributed by atoms with Crippen molar-refractivity contribution in [3.05, 3.63) is 23.3 Å². The van der Waals surface area contributed by atoms with Crippen molar-refractivity contribution in [2.75, 3.05) is 6.61 Å². The van der Waals surface area contributed by atoms with E-state index in [1.807, 2.05) is 62.3 Å². The lowest BCUT2D eigenvalue weighted by atomic mass is 9.70. The van der Waals surface area contributed by atoms with Gasteiger partial charge in [0.05, 0.1) is 29.0 Å². The molecule has 2 fully saturated rings. The molecular weight excluding hydrogens is 480 g/mol. The van der Waals surface area contributed by atoms with E-state index in [1.165, 1.54) is 6.07 Å². The quantitative estimate of drug-likeness (QED) is 0.339. The summed E-state index contributed by atoms with van der Waals surface area (Å²) in [7, 11) is -2.32. The summed E-state index contributed by atoms with van der Waals surface area (Å²) in [5.41, 5.74) is -4.06. The lowest BCUT2D eigenvalue weighted by molar-refractivity contribution is 0.00578. The SMILES string of the molecule is CCCCC(CC)COC(=O)c1c(F)c(B2OC(C)(C)C(C)(C)O2)cc(B2OC(C)(C)C(C)(C)O2)c1F. The van der Waals surface area contributed by atoms with Gasteiger partial charge in [-0.15, -0.1) is 0 Å². The van der Waals surface area contributed by atoms with E-state index in [1.54, 1.807) is 0 Å². The Morgan fingerprint density at radius 1 is 0.838 bits per heavy atom. The molecule has 0 spiro atoms. The minimum Gasteiger partial charge on any atom is -0.462 e. The smallest absolute Gasteiger partial charge is 0.462 e. The van der Waals surface area contributed by atoms with Crippen LogP contribution >= 0.6 is 0 Å². The maximum atomic E-state index is 15.9. The third-order valence-corrected chi connectivity index (χ3v) is 8.47. The number of carbonyl (C=O) groups excluding carboxylic acids is 1. The zero-order chi connectivity index (χ0) is 28.0. The first-order chi connectivity index (χ1) is 17.0. The van der Waals surface area contributed by atoms with Crippen molar-refractivity contribution in [3.8, 4) is 0 Å². The second kappa shape index (κ2) is 10.6. The van der Waals surface area contributed by atoms with Crippen LogP contribution in [0.4, 0.5) is 8.78 Å². The molecule has 0 aliphatic carbocycles. The van der Waals surface area contributed by atoms with Gasteiger partial charge in [-0.1, -0.05) is 39.2 Å². The standard InChI is InChI=1S/C27H42B2F2O6/c1-11-13-14-17(12-2)16-33-23(32)20-21(30)18(28-34-24(3,4)25(5,6)35-28)15-19(22(20)31)29-36-26(7,8)27(9,10)37-29/h15,17H,11-14,16H2,1-10H3. The number of ether oxygens (including phenoxy) is 1. The number of esters is 1. The molecule has 2 heterocycles. The highest BCUT2D eigenvalue weighted by Gasteiger charge is 2.56. The van der Waals surface area contributed by atoms with Crippen LogP contribution < -0.4 is 10.9 Å². The molecule has 0 radical (unpaired) electrons.